The molecule has 0 amide bonds. The van der Waals surface area contributed by atoms with Crippen LogP contribution in [0.2, 0.25) is 10.0 Å². The summed E-state index contributed by atoms with van der Waals surface area (Å²) in [7, 11) is 0. The molecule has 1 atom stereocenters. The number of hydrogen-bond donors (Lipinski definition) is 1. The van der Waals surface area contributed by atoms with Crippen molar-refractivity contribution in [1.82, 2.24) is 10.2 Å². The van der Waals surface area contributed by atoms with Gasteiger partial charge in [-0.15, -0.1) is 0 Å². The number of nitrogens with one attached hydrogen (secondary N) is 1. The number of likely N-dealkylation sites (N-methyl/N-ethyl adjacent to an activating group) is 1. The van der Waals surface area contributed by atoms with Crippen LogP contribution in [0.5, 0.6) is 5.75 Å². The first kappa shape index (κ1) is 19.5. The van der Waals surface area contributed by atoms with Gasteiger partial charge in [0.15, 0.2) is 0 Å². The molecule has 2 aromatic carbocycles. The molecule has 1 aliphatic heterocycles. The van der Waals surface area contributed by atoms with E-state index in [1.165, 1.54) is 24.9 Å². The standard InChI is InChI=1S/C21H26Cl2N2O/c1-2-25-11-3-4-19(25)14-24-13-16-5-9-20(10-6-16)26-15-17-7-8-18(22)12-21(17)23/h5-10,12,19,24H,2-4,11,13-15H2,1H3/t19-/m1/s1. The molecule has 0 aromatic heterocycles. The lowest BCUT2D eigenvalue weighted by Crippen LogP contribution is -2.37. The topological polar surface area (TPSA) is 24.5 Å². The number of rotatable bonds is 8. The fourth-order valence-electron chi connectivity index (χ4n) is 3.43. The van der Waals surface area contributed by atoms with Crippen molar-refractivity contribution in [2.75, 3.05) is 19.6 Å². The molecule has 26 heavy (non-hydrogen) atoms. The third-order valence-corrected chi connectivity index (χ3v) is 5.53. The van der Waals surface area contributed by atoms with Crippen LogP contribution in [0.25, 0.3) is 0 Å². The normalized spacial score (nSPS) is 17.6. The minimum Gasteiger partial charge on any atom is -0.489 e. The van der Waals surface area contributed by atoms with Crippen LogP contribution in [0.3, 0.4) is 0 Å². The maximum absolute atomic E-state index is 6.18. The van der Waals surface area contributed by atoms with Crippen molar-refractivity contribution in [1.29, 1.82) is 0 Å². The number of benzene rings is 2. The first-order valence-electron chi connectivity index (χ1n) is 9.26. The van der Waals surface area contributed by atoms with Gasteiger partial charge < -0.3 is 10.1 Å². The van der Waals surface area contributed by atoms with Crippen LogP contribution in [0.15, 0.2) is 42.5 Å². The molecule has 0 bridgehead atoms. The molecule has 0 saturated carbocycles. The van der Waals surface area contributed by atoms with E-state index in [0.717, 1.165) is 30.9 Å². The number of hydrogen-bond acceptors (Lipinski definition) is 3. The Balaban J connectivity index is 1.44. The number of nitrogens with zero attached hydrogens (tertiary/aromatic N) is 1. The average Bonchev–Trinajstić information content (AvgIpc) is 3.10. The van der Waals surface area contributed by atoms with E-state index in [-0.39, 0.29) is 0 Å². The van der Waals surface area contributed by atoms with Crippen LogP contribution in [0, 0.1) is 0 Å². The molecule has 0 spiro atoms. The summed E-state index contributed by atoms with van der Waals surface area (Å²) in [6, 6.07) is 14.4. The predicted molar refractivity (Wildman–Crippen MR) is 109 cm³/mol. The van der Waals surface area contributed by atoms with Gasteiger partial charge in [-0.05, 0) is 55.8 Å². The highest BCUT2D eigenvalue weighted by Crippen LogP contribution is 2.23. The average molecular weight is 393 g/mol. The Morgan fingerprint density at radius 3 is 2.69 bits per heavy atom. The molecule has 140 valence electrons. The molecule has 3 rings (SSSR count). The molecule has 5 heteroatoms. The van der Waals surface area contributed by atoms with Crippen molar-refractivity contribution in [3.63, 3.8) is 0 Å². The van der Waals surface area contributed by atoms with Crippen molar-refractivity contribution >= 4 is 23.2 Å². The van der Waals surface area contributed by atoms with Crippen LogP contribution in [0.4, 0.5) is 0 Å². The molecule has 0 unspecified atom stereocenters. The third-order valence-electron chi connectivity index (χ3n) is 4.95. The van der Waals surface area contributed by atoms with Crippen LogP contribution in [0.1, 0.15) is 30.9 Å². The Labute approximate surface area is 166 Å². The minimum absolute atomic E-state index is 0.433. The second kappa shape index (κ2) is 9.61. The number of ether oxygens (including phenoxy) is 1. The largest absolute Gasteiger partial charge is 0.489 e. The Bertz CT molecular complexity index is 706. The van der Waals surface area contributed by atoms with Gasteiger partial charge in [0, 0.05) is 34.7 Å². The zero-order valence-electron chi connectivity index (χ0n) is 15.2. The van der Waals surface area contributed by atoms with E-state index in [0.29, 0.717) is 22.7 Å². The van der Waals surface area contributed by atoms with E-state index in [9.17, 15) is 0 Å². The van der Waals surface area contributed by atoms with Crippen molar-refractivity contribution < 1.29 is 4.74 Å². The number of halogens is 2. The van der Waals surface area contributed by atoms with E-state index in [1.807, 2.05) is 24.3 Å². The smallest absolute Gasteiger partial charge is 0.119 e. The van der Waals surface area contributed by atoms with Gasteiger partial charge >= 0.3 is 0 Å². The van der Waals surface area contributed by atoms with E-state index in [4.69, 9.17) is 27.9 Å². The maximum Gasteiger partial charge on any atom is 0.119 e. The molecule has 3 nitrogen and oxygen atoms in total. The first-order chi connectivity index (χ1) is 12.7. The first-order valence-corrected chi connectivity index (χ1v) is 10.0. The summed E-state index contributed by atoms with van der Waals surface area (Å²) in [5.74, 6) is 0.840. The molecule has 0 radical (unpaired) electrons. The number of likely N-dealkylation sites (tertiary alicyclic amines) is 1. The molecule has 1 saturated heterocycles. The fraction of sp³-hybridized carbons (Fsp3) is 0.429. The van der Waals surface area contributed by atoms with Gasteiger partial charge in [-0.25, -0.2) is 0 Å². The summed E-state index contributed by atoms with van der Waals surface area (Å²) in [5, 5.41) is 4.85. The van der Waals surface area contributed by atoms with Crippen LogP contribution in [-0.4, -0.2) is 30.6 Å². The van der Waals surface area contributed by atoms with Crippen molar-refractivity contribution in [2.24, 2.45) is 0 Å². The van der Waals surface area contributed by atoms with Crippen LogP contribution < -0.4 is 10.1 Å². The van der Waals surface area contributed by atoms with Gasteiger partial charge in [0.1, 0.15) is 12.4 Å². The van der Waals surface area contributed by atoms with Gasteiger partial charge in [0.25, 0.3) is 0 Å². The summed E-state index contributed by atoms with van der Waals surface area (Å²) < 4.78 is 5.83. The second-order valence-corrected chi connectivity index (χ2v) is 7.57. The zero-order chi connectivity index (χ0) is 18.4. The lowest BCUT2D eigenvalue weighted by atomic mass is 10.2. The Kier molecular flexibility index (Phi) is 7.21. The highest BCUT2D eigenvalue weighted by molar-refractivity contribution is 6.35. The molecule has 0 aliphatic carbocycles. The van der Waals surface area contributed by atoms with Crippen molar-refractivity contribution in [3.8, 4) is 5.75 Å². The van der Waals surface area contributed by atoms with Crippen molar-refractivity contribution in [2.45, 2.75) is 39.0 Å². The highest BCUT2D eigenvalue weighted by Gasteiger charge is 2.21. The van der Waals surface area contributed by atoms with E-state index in [2.05, 4.69) is 29.3 Å². The summed E-state index contributed by atoms with van der Waals surface area (Å²) in [4.78, 5) is 2.56. The summed E-state index contributed by atoms with van der Waals surface area (Å²) >= 11 is 12.1. The second-order valence-electron chi connectivity index (χ2n) is 6.72. The molecule has 1 N–H and O–H groups in total. The van der Waals surface area contributed by atoms with E-state index < -0.39 is 0 Å². The molecule has 2 aromatic rings. The van der Waals surface area contributed by atoms with E-state index in [1.54, 1.807) is 6.07 Å². The Hall–Kier alpha value is -1.26. The summed E-state index contributed by atoms with van der Waals surface area (Å²) in [5.41, 5.74) is 2.20. The highest BCUT2D eigenvalue weighted by atomic mass is 35.5. The molecular formula is C21H26Cl2N2O. The van der Waals surface area contributed by atoms with Crippen LogP contribution >= 0.6 is 23.2 Å². The van der Waals surface area contributed by atoms with Gasteiger partial charge in [0.05, 0.1) is 0 Å². The van der Waals surface area contributed by atoms with Crippen LogP contribution in [-0.2, 0) is 13.2 Å². The monoisotopic (exact) mass is 392 g/mol. The van der Waals surface area contributed by atoms with Gasteiger partial charge in [-0.1, -0.05) is 48.3 Å². The molecular weight excluding hydrogens is 367 g/mol. The van der Waals surface area contributed by atoms with Gasteiger partial charge in [0.2, 0.25) is 0 Å². The maximum atomic E-state index is 6.18. The predicted octanol–water partition coefficient (Wildman–Crippen LogP) is 5.15. The minimum atomic E-state index is 0.433. The lowest BCUT2D eigenvalue weighted by molar-refractivity contribution is 0.260. The fourth-order valence-corrected chi connectivity index (χ4v) is 3.89. The summed E-state index contributed by atoms with van der Waals surface area (Å²) in [6.45, 7) is 7.01. The zero-order valence-corrected chi connectivity index (χ0v) is 16.7. The third kappa shape index (κ3) is 5.37. The lowest BCUT2D eigenvalue weighted by Gasteiger charge is -2.23. The SMILES string of the molecule is CCN1CCC[C@@H]1CNCc1ccc(OCc2ccc(Cl)cc2Cl)cc1. The van der Waals surface area contributed by atoms with E-state index >= 15 is 0 Å². The van der Waals surface area contributed by atoms with Crippen molar-refractivity contribution in [3.05, 3.63) is 63.6 Å². The summed E-state index contributed by atoms with van der Waals surface area (Å²) in [6.07, 6.45) is 2.63. The Morgan fingerprint density at radius 2 is 1.96 bits per heavy atom. The van der Waals surface area contributed by atoms with Gasteiger partial charge in [-0.2, -0.15) is 0 Å². The Morgan fingerprint density at radius 1 is 1.15 bits per heavy atom. The molecule has 1 fully saturated rings. The molecule has 1 heterocycles. The quantitative estimate of drug-likeness (QED) is 0.672. The molecule has 1 aliphatic rings. The van der Waals surface area contributed by atoms with Gasteiger partial charge in [-0.3, -0.25) is 4.90 Å².